The number of methoxy groups -OCH3 is 1. The van der Waals surface area contributed by atoms with Gasteiger partial charge in [0.2, 0.25) is 23.6 Å². The summed E-state index contributed by atoms with van der Waals surface area (Å²) < 4.78 is 48.3. The Kier molecular flexibility index (Phi) is 25.7. The lowest BCUT2D eigenvalue weighted by atomic mass is 9.83. The number of fused-ring (bicyclic) bond motifs is 6. The minimum absolute atomic E-state index is 0.0477. The summed E-state index contributed by atoms with van der Waals surface area (Å²) in [5.41, 5.74) is 2.05. The van der Waals surface area contributed by atoms with Crippen LogP contribution in [0.2, 0.25) is 5.02 Å². The molecule has 3 aromatic rings. The number of likely N-dealkylation sites (N-methyl/N-ethyl adjacent to an activating group) is 1. The number of epoxide rings is 1. The Balaban J connectivity index is 0.884. The normalized spacial score (nSPS) is 24.3. The Labute approximate surface area is 503 Å². The Hall–Kier alpha value is -5.99. The lowest BCUT2D eigenvalue weighted by molar-refractivity contribution is -0.162. The minimum atomic E-state index is -1.85. The van der Waals surface area contributed by atoms with Crippen LogP contribution in [0.1, 0.15) is 77.1 Å². The molecule has 23 nitrogen and oxygen atoms in total. The van der Waals surface area contributed by atoms with Crippen molar-refractivity contribution in [1.82, 2.24) is 30.3 Å². The Morgan fingerprint density at radius 2 is 1.64 bits per heavy atom. The van der Waals surface area contributed by atoms with Crippen molar-refractivity contribution in [2.45, 2.75) is 135 Å². The molecule has 0 spiro atoms. The highest BCUT2D eigenvalue weighted by molar-refractivity contribution is 6.34. The van der Waals surface area contributed by atoms with Crippen molar-refractivity contribution in [2.24, 2.45) is 5.92 Å². The fraction of sp³-hybridized carbons (Fsp3) is 0.607. The number of para-hydroxylation sites is 1. The number of amides is 5. The molecule has 2 aromatic carbocycles. The van der Waals surface area contributed by atoms with E-state index in [9.17, 15) is 39.0 Å². The second kappa shape index (κ2) is 32.1. The summed E-state index contributed by atoms with van der Waals surface area (Å²) in [6.07, 6.45) is 0.883. The average molecular weight is 1210 g/mol. The predicted octanol–water partition coefficient (Wildman–Crippen LogP) is 4.36. The number of esters is 1. The number of alkyl carbamates (subject to hydrolysis) is 1. The number of allylic oxidation sites excluding steroid dienone is 3. The molecule has 4 bridgehead atoms. The molecule has 6 rings (SSSR count). The number of carbonyl (C=O) groups is 6. The molecule has 0 radical (unpaired) electrons. The summed E-state index contributed by atoms with van der Waals surface area (Å²) >= 11 is 6.83. The first-order valence-electron chi connectivity index (χ1n) is 29.1. The van der Waals surface area contributed by atoms with E-state index in [2.05, 4.69) is 38.4 Å². The summed E-state index contributed by atoms with van der Waals surface area (Å²) in [6.45, 7) is 14.3. The lowest BCUT2D eigenvalue weighted by Crippen LogP contribution is -2.63. The fourth-order valence-electron chi connectivity index (χ4n) is 10.4. The van der Waals surface area contributed by atoms with Crippen LogP contribution in [0.3, 0.4) is 0 Å². The van der Waals surface area contributed by atoms with Gasteiger partial charge in [-0.05, 0) is 82.4 Å². The molecule has 5 N–H and O–H groups in total. The van der Waals surface area contributed by atoms with Crippen molar-refractivity contribution < 1.29 is 76.9 Å². The molecule has 9 atom stereocenters. The third-order valence-corrected chi connectivity index (χ3v) is 16.4. The average Bonchev–Trinajstić information content (AvgIpc) is 1.83. The number of anilines is 1. The zero-order valence-corrected chi connectivity index (χ0v) is 51.6. The van der Waals surface area contributed by atoms with E-state index in [0.717, 1.165) is 46.4 Å². The maximum absolute atomic E-state index is 14.3. The van der Waals surface area contributed by atoms with E-state index in [0.29, 0.717) is 23.7 Å². The highest BCUT2D eigenvalue weighted by atomic mass is 35.5. The van der Waals surface area contributed by atoms with Crippen LogP contribution < -0.4 is 20.9 Å². The van der Waals surface area contributed by atoms with Gasteiger partial charge in [0, 0.05) is 70.8 Å². The fourth-order valence-corrected chi connectivity index (χ4v) is 10.7. The number of aryl methyl sites for hydroxylation is 2. The van der Waals surface area contributed by atoms with Gasteiger partial charge in [0.1, 0.15) is 36.0 Å². The molecule has 1 unspecified atom stereocenters. The van der Waals surface area contributed by atoms with E-state index < -0.39 is 90.1 Å². The third-order valence-electron chi connectivity index (χ3n) is 15.9. The second-order valence-electron chi connectivity index (χ2n) is 22.2. The molecular formula is C61H88ClN7O16. The van der Waals surface area contributed by atoms with E-state index in [-0.39, 0.29) is 91.0 Å². The first-order chi connectivity index (χ1) is 40.5. The number of ether oxygens (including phenoxy) is 8. The SMILES string of the molecule is CCN(C)Cc1cc2ccccc2n1CCC(=O)N[C@@H](CO)C(=O)NCCOCCOCCOCCOCCC(=O)N(C)[C@@H](C)C(=O)O[C@H]1CC(=O)N(C)c2cc(cc(C)c2Cl)C/C(C)=C/C=C/[C@@H](OC)[C@]2(O)C[C@H](OC(=O)N2)[C@@H](C)C2O[C@]21C. The Bertz CT molecular complexity index is 2830. The van der Waals surface area contributed by atoms with Gasteiger partial charge in [0.15, 0.2) is 5.72 Å². The van der Waals surface area contributed by atoms with Crippen molar-refractivity contribution >= 4 is 63.9 Å². The number of benzene rings is 2. The van der Waals surface area contributed by atoms with Gasteiger partial charge < -0.3 is 78.0 Å². The van der Waals surface area contributed by atoms with E-state index >= 15 is 0 Å². The summed E-state index contributed by atoms with van der Waals surface area (Å²) in [5.74, 6) is -3.04. The maximum Gasteiger partial charge on any atom is 0.409 e. The number of carbonyl (C=O) groups excluding carboxylic acids is 6. The van der Waals surface area contributed by atoms with Crippen LogP contribution in [0.15, 0.2) is 66.3 Å². The van der Waals surface area contributed by atoms with Gasteiger partial charge >= 0.3 is 12.1 Å². The van der Waals surface area contributed by atoms with Gasteiger partial charge in [-0.15, -0.1) is 0 Å². The molecule has 5 amide bonds. The number of hydrogen-bond donors (Lipinski definition) is 5. The topological polar surface area (TPSA) is 271 Å². The monoisotopic (exact) mass is 1210 g/mol. The van der Waals surface area contributed by atoms with Crippen molar-refractivity contribution in [3.05, 3.63) is 88.1 Å². The molecule has 470 valence electrons. The van der Waals surface area contributed by atoms with Gasteiger partial charge in [0.05, 0.1) is 89.1 Å². The van der Waals surface area contributed by atoms with E-state index in [4.69, 9.17) is 49.5 Å². The smallest absolute Gasteiger partial charge is 0.409 e. The standard InChI is InChI=1S/C61H88ClN7O16/c1-11-66(7)37-45-34-44-16-12-13-17-47(44)69(45)22-19-52(71)64-46(38-70)57(74)63-21-24-80-26-28-82-30-29-81-27-25-79-23-20-53(72)67(8)42(5)58(75)84-51-35-54(73)68(9)48-33-43(32-40(3)55(48)62)31-39(2)15-14-18-50(78-10)61(77)36-49(83-59(76)65-61)41(4)56-60(51,6)85-56/h12-18,32-34,41-42,46,49-51,56,70,77H,11,19-31,35-38H2,1-10H3,(H,63,74)(H,64,71)(H,65,76)/b18-14+,39-15+/t41-,42+,46+,49+,50-,51+,56?,60+,61-/m1/s1. The first kappa shape index (κ1) is 68.1. The molecule has 3 aliphatic heterocycles. The van der Waals surface area contributed by atoms with Crippen LogP contribution in [0.5, 0.6) is 0 Å². The first-order valence-corrected chi connectivity index (χ1v) is 29.4. The van der Waals surface area contributed by atoms with Gasteiger partial charge in [-0.3, -0.25) is 24.5 Å². The second-order valence-corrected chi connectivity index (χ2v) is 22.6. The van der Waals surface area contributed by atoms with Crippen molar-refractivity contribution in [3.8, 4) is 0 Å². The summed E-state index contributed by atoms with van der Waals surface area (Å²) in [6, 6.07) is 11.7. The van der Waals surface area contributed by atoms with Crippen LogP contribution in [0, 0.1) is 12.8 Å². The third kappa shape index (κ3) is 18.8. The minimum Gasteiger partial charge on any atom is -0.457 e. The summed E-state index contributed by atoms with van der Waals surface area (Å²) in [7, 11) is 6.54. The predicted molar refractivity (Wildman–Crippen MR) is 318 cm³/mol. The van der Waals surface area contributed by atoms with E-state index in [1.54, 1.807) is 33.0 Å². The molecule has 3 aliphatic rings. The molecule has 1 aromatic heterocycles. The molecule has 4 heterocycles. The highest BCUT2D eigenvalue weighted by Gasteiger charge is 2.64. The van der Waals surface area contributed by atoms with Crippen LogP contribution in [0.25, 0.3) is 10.9 Å². The number of halogens is 1. The molecule has 0 aliphatic carbocycles. The van der Waals surface area contributed by atoms with Crippen molar-refractivity contribution in [1.29, 1.82) is 0 Å². The summed E-state index contributed by atoms with van der Waals surface area (Å²) in [5, 5.41) is 31.0. The van der Waals surface area contributed by atoms with Gasteiger partial charge in [-0.1, -0.05) is 73.5 Å². The quantitative estimate of drug-likeness (QED) is 0.0384. The van der Waals surface area contributed by atoms with Crippen LogP contribution in [-0.2, 0) is 81.4 Å². The molecule has 85 heavy (non-hydrogen) atoms. The van der Waals surface area contributed by atoms with Gasteiger partial charge in [-0.25, -0.2) is 9.59 Å². The number of hydrogen-bond acceptors (Lipinski definition) is 17. The zero-order valence-electron chi connectivity index (χ0n) is 50.8. The molecule has 2 saturated heterocycles. The number of nitrogens with zero attached hydrogens (tertiary/aromatic N) is 4. The lowest BCUT2D eigenvalue weighted by Gasteiger charge is -2.42. The Morgan fingerprint density at radius 3 is 2.31 bits per heavy atom. The molecule has 2 fully saturated rings. The van der Waals surface area contributed by atoms with Crippen LogP contribution >= 0.6 is 11.6 Å². The number of nitrogens with one attached hydrogen (secondary N) is 3. The van der Waals surface area contributed by atoms with Gasteiger partial charge in [-0.2, -0.15) is 0 Å². The molecular weight excluding hydrogens is 1120 g/mol. The van der Waals surface area contributed by atoms with Crippen LogP contribution in [-0.4, -0.2) is 209 Å². The molecule has 24 heteroatoms. The van der Waals surface area contributed by atoms with Crippen LogP contribution in [0.4, 0.5) is 10.5 Å². The number of aliphatic hydroxyl groups excluding tert-OH is 1. The van der Waals surface area contributed by atoms with Crippen molar-refractivity contribution in [3.63, 3.8) is 0 Å². The number of rotatable bonds is 28. The zero-order chi connectivity index (χ0) is 62.0. The van der Waals surface area contributed by atoms with E-state index in [1.807, 2.05) is 63.4 Å². The Morgan fingerprint density at radius 1 is 0.965 bits per heavy atom. The van der Waals surface area contributed by atoms with E-state index in [1.165, 1.54) is 30.9 Å². The largest absolute Gasteiger partial charge is 0.457 e. The highest BCUT2D eigenvalue weighted by Crippen LogP contribution is 2.49. The van der Waals surface area contributed by atoms with Gasteiger partial charge in [0.25, 0.3) is 0 Å². The number of aromatic nitrogens is 1. The molecule has 0 saturated carbocycles. The number of aliphatic hydroxyl groups is 2. The summed E-state index contributed by atoms with van der Waals surface area (Å²) in [4.78, 5) is 85.2. The maximum atomic E-state index is 14.3. The van der Waals surface area contributed by atoms with Crippen molar-refractivity contribution in [2.75, 3.05) is 106 Å².